The molecule has 8 nitrogen and oxygen atoms in total. The molecule has 0 saturated heterocycles. The van der Waals surface area contributed by atoms with E-state index >= 15 is 0 Å². The number of anilines is 2. The van der Waals surface area contributed by atoms with E-state index in [9.17, 15) is 14.4 Å². The lowest BCUT2D eigenvalue weighted by Crippen LogP contribution is -2.41. The largest absolute Gasteiger partial charge is 0.383 e. The van der Waals surface area contributed by atoms with E-state index in [1.807, 2.05) is 30.3 Å². The average molecular weight is 408 g/mol. The zero-order valence-electron chi connectivity index (χ0n) is 16.9. The Hall–Kier alpha value is -3.65. The topological polar surface area (TPSA) is 110 Å². The van der Waals surface area contributed by atoms with Gasteiger partial charge in [-0.15, -0.1) is 0 Å². The number of hydrogen-bond donors (Lipinski definition) is 2. The number of H-pyrrole nitrogens is 1. The Labute approximate surface area is 173 Å². The maximum Gasteiger partial charge on any atom is 0.330 e. The summed E-state index contributed by atoms with van der Waals surface area (Å²) in [6.45, 7) is 2.55. The molecule has 0 aliphatic carbocycles. The number of benzene rings is 2. The molecule has 0 unspecified atom stereocenters. The third-order valence-corrected chi connectivity index (χ3v) is 4.74. The Kier molecular flexibility index (Phi) is 6.48. The highest BCUT2D eigenvalue weighted by Gasteiger charge is 2.24. The molecule has 0 bridgehead atoms. The number of rotatable bonds is 7. The number of amides is 1. The van der Waals surface area contributed by atoms with Crippen molar-refractivity contribution in [2.45, 2.75) is 20.1 Å². The van der Waals surface area contributed by atoms with Crippen LogP contribution in [0.2, 0.25) is 0 Å². The zero-order chi connectivity index (χ0) is 21.7. The molecule has 0 aliphatic heterocycles. The molecular weight excluding hydrogens is 384 g/mol. The van der Waals surface area contributed by atoms with Gasteiger partial charge in [0.1, 0.15) is 5.82 Å². The summed E-state index contributed by atoms with van der Waals surface area (Å²) >= 11 is 0. The molecule has 1 amide bonds. The number of aromatic nitrogens is 2. The van der Waals surface area contributed by atoms with Crippen LogP contribution in [0.25, 0.3) is 0 Å². The van der Waals surface area contributed by atoms with E-state index in [0.29, 0.717) is 12.2 Å². The monoisotopic (exact) mass is 408 g/mol. The van der Waals surface area contributed by atoms with Gasteiger partial charge in [0.2, 0.25) is 0 Å². The molecule has 2 aromatic carbocycles. The van der Waals surface area contributed by atoms with Gasteiger partial charge in [-0.1, -0.05) is 42.5 Å². The second-order valence-corrected chi connectivity index (χ2v) is 6.74. The van der Waals surface area contributed by atoms with Gasteiger partial charge in [-0.05, 0) is 30.2 Å². The van der Waals surface area contributed by atoms with E-state index < -0.39 is 11.2 Å². The Morgan fingerprint density at radius 1 is 1.07 bits per heavy atom. The van der Waals surface area contributed by atoms with Crippen LogP contribution in [-0.4, -0.2) is 29.1 Å². The quantitative estimate of drug-likeness (QED) is 0.621. The van der Waals surface area contributed by atoms with E-state index in [0.717, 1.165) is 11.1 Å². The fraction of sp³-hybridized carbons (Fsp3) is 0.227. The van der Waals surface area contributed by atoms with Gasteiger partial charge in [0, 0.05) is 19.2 Å². The molecule has 0 atom stereocenters. The SMILES string of the molecule is CCN(C(=O)c1ccc(COC)cc1)c1c(N)n(Cc2ccccc2)c(=O)[nH]c1=O. The molecule has 1 heterocycles. The minimum atomic E-state index is -0.701. The second kappa shape index (κ2) is 9.23. The Bertz CT molecular complexity index is 1130. The summed E-state index contributed by atoms with van der Waals surface area (Å²) in [7, 11) is 1.59. The number of carbonyl (C=O) groups excluding carboxylic acids is 1. The average Bonchev–Trinajstić information content (AvgIpc) is 2.75. The fourth-order valence-corrected chi connectivity index (χ4v) is 3.23. The van der Waals surface area contributed by atoms with Crippen molar-refractivity contribution in [3.05, 3.63) is 92.1 Å². The Morgan fingerprint density at radius 3 is 2.33 bits per heavy atom. The van der Waals surface area contributed by atoms with Crippen LogP contribution in [0.3, 0.4) is 0 Å². The standard InChI is InChI=1S/C22H24N4O4/c1-3-25(21(28)17-11-9-16(10-12-17)14-30-2)18-19(23)26(22(29)24-20(18)27)13-15-7-5-4-6-8-15/h4-12H,3,13-14,23H2,1-2H3,(H,24,27,29). The number of hydrogen-bond acceptors (Lipinski definition) is 5. The van der Waals surface area contributed by atoms with Crippen LogP contribution in [0.1, 0.15) is 28.4 Å². The summed E-state index contributed by atoms with van der Waals surface area (Å²) in [5, 5.41) is 0. The van der Waals surface area contributed by atoms with Gasteiger partial charge in [-0.25, -0.2) is 4.79 Å². The predicted molar refractivity (Wildman–Crippen MR) is 116 cm³/mol. The maximum absolute atomic E-state index is 13.1. The van der Waals surface area contributed by atoms with Gasteiger partial charge in [0.25, 0.3) is 11.5 Å². The maximum atomic E-state index is 13.1. The first-order chi connectivity index (χ1) is 14.5. The summed E-state index contributed by atoms with van der Waals surface area (Å²) in [6, 6.07) is 16.2. The van der Waals surface area contributed by atoms with Crippen molar-refractivity contribution in [3.63, 3.8) is 0 Å². The molecule has 0 aliphatic rings. The van der Waals surface area contributed by atoms with E-state index in [4.69, 9.17) is 10.5 Å². The van der Waals surface area contributed by atoms with Crippen molar-refractivity contribution in [1.82, 2.24) is 9.55 Å². The lowest BCUT2D eigenvalue weighted by molar-refractivity contribution is 0.0988. The van der Waals surface area contributed by atoms with Crippen molar-refractivity contribution in [2.24, 2.45) is 0 Å². The number of nitrogens with two attached hydrogens (primary N) is 1. The van der Waals surface area contributed by atoms with E-state index in [2.05, 4.69) is 4.98 Å². The molecule has 30 heavy (non-hydrogen) atoms. The van der Waals surface area contributed by atoms with Gasteiger partial charge in [0.05, 0.1) is 13.2 Å². The molecule has 0 fully saturated rings. The molecule has 0 saturated carbocycles. The molecule has 8 heteroatoms. The van der Waals surface area contributed by atoms with Crippen LogP contribution in [0.15, 0.2) is 64.2 Å². The summed E-state index contributed by atoms with van der Waals surface area (Å²) in [6.07, 6.45) is 0. The van der Waals surface area contributed by atoms with Crippen molar-refractivity contribution < 1.29 is 9.53 Å². The van der Waals surface area contributed by atoms with Gasteiger partial charge in [-0.3, -0.25) is 19.1 Å². The molecule has 3 aromatic rings. The van der Waals surface area contributed by atoms with Gasteiger partial charge < -0.3 is 15.4 Å². The number of nitrogen functional groups attached to an aromatic ring is 1. The highest BCUT2D eigenvalue weighted by molar-refractivity contribution is 6.07. The van der Waals surface area contributed by atoms with Crippen LogP contribution >= 0.6 is 0 Å². The Morgan fingerprint density at radius 2 is 1.73 bits per heavy atom. The van der Waals surface area contributed by atoms with Gasteiger partial charge >= 0.3 is 5.69 Å². The highest BCUT2D eigenvalue weighted by atomic mass is 16.5. The lowest BCUT2D eigenvalue weighted by atomic mass is 10.1. The van der Waals surface area contributed by atoms with Gasteiger partial charge in [-0.2, -0.15) is 0 Å². The zero-order valence-corrected chi connectivity index (χ0v) is 16.9. The van der Waals surface area contributed by atoms with Crippen LogP contribution in [0.4, 0.5) is 11.5 Å². The normalized spacial score (nSPS) is 10.7. The van der Waals surface area contributed by atoms with Crippen LogP contribution in [-0.2, 0) is 17.9 Å². The van der Waals surface area contributed by atoms with Crippen molar-refractivity contribution in [3.8, 4) is 0 Å². The molecule has 3 N–H and O–H groups in total. The predicted octanol–water partition coefficient (Wildman–Crippen LogP) is 1.98. The minimum absolute atomic E-state index is 0.0426. The van der Waals surface area contributed by atoms with Gasteiger partial charge in [0.15, 0.2) is 5.69 Å². The summed E-state index contributed by atoms with van der Waals surface area (Å²) in [5.74, 6) is -0.442. The third kappa shape index (κ3) is 4.33. The summed E-state index contributed by atoms with van der Waals surface area (Å²) < 4.78 is 6.33. The molecule has 156 valence electrons. The third-order valence-electron chi connectivity index (χ3n) is 4.74. The number of methoxy groups -OCH3 is 1. The molecule has 0 radical (unpaired) electrons. The molecule has 0 spiro atoms. The van der Waals surface area contributed by atoms with Crippen LogP contribution < -0.4 is 21.9 Å². The molecular formula is C22H24N4O4. The highest BCUT2D eigenvalue weighted by Crippen LogP contribution is 2.20. The number of carbonyl (C=O) groups is 1. The minimum Gasteiger partial charge on any atom is -0.383 e. The summed E-state index contributed by atoms with van der Waals surface area (Å²) in [4.78, 5) is 41.6. The van der Waals surface area contributed by atoms with Crippen LogP contribution in [0.5, 0.6) is 0 Å². The first-order valence-electron chi connectivity index (χ1n) is 9.52. The second-order valence-electron chi connectivity index (χ2n) is 6.74. The molecule has 1 aromatic heterocycles. The van der Waals surface area contributed by atoms with Crippen molar-refractivity contribution >= 4 is 17.4 Å². The van der Waals surface area contributed by atoms with E-state index in [1.54, 1.807) is 38.3 Å². The lowest BCUT2D eigenvalue weighted by Gasteiger charge is -2.23. The van der Waals surface area contributed by atoms with E-state index in [-0.39, 0.29) is 30.5 Å². The number of nitrogens with zero attached hydrogens (tertiary/aromatic N) is 2. The number of aromatic amines is 1. The fourth-order valence-electron chi connectivity index (χ4n) is 3.23. The smallest absolute Gasteiger partial charge is 0.330 e. The van der Waals surface area contributed by atoms with E-state index in [1.165, 1.54) is 9.47 Å². The number of nitrogens with one attached hydrogen (secondary N) is 1. The first-order valence-corrected chi connectivity index (χ1v) is 9.52. The van der Waals surface area contributed by atoms with Crippen molar-refractivity contribution in [1.29, 1.82) is 0 Å². The first kappa shape index (κ1) is 21.1. The van der Waals surface area contributed by atoms with Crippen molar-refractivity contribution in [2.75, 3.05) is 24.3 Å². The molecule has 3 rings (SSSR count). The Balaban J connectivity index is 2.01. The van der Waals surface area contributed by atoms with Crippen LogP contribution in [0, 0.1) is 0 Å². The number of ether oxygens (including phenoxy) is 1. The summed E-state index contributed by atoms with van der Waals surface area (Å²) in [5.41, 5.74) is 7.01.